The molecule has 2 saturated carbocycles. The van der Waals surface area contributed by atoms with Gasteiger partial charge in [0.1, 0.15) is 0 Å². The lowest BCUT2D eigenvalue weighted by Crippen LogP contribution is -2.58. The molecule has 106 valence electrons. The first kappa shape index (κ1) is 14.3. The van der Waals surface area contributed by atoms with Crippen LogP contribution in [-0.2, 0) is 4.74 Å². The zero-order chi connectivity index (χ0) is 13.0. The molecule has 2 aliphatic rings. The fourth-order valence-corrected chi connectivity index (χ4v) is 3.38. The van der Waals surface area contributed by atoms with Gasteiger partial charge in [-0.2, -0.15) is 0 Å². The van der Waals surface area contributed by atoms with Crippen molar-refractivity contribution in [2.24, 2.45) is 17.6 Å². The zero-order valence-corrected chi connectivity index (χ0v) is 12.2. The predicted molar refractivity (Wildman–Crippen MR) is 75.6 cm³/mol. The van der Waals surface area contributed by atoms with E-state index in [-0.39, 0.29) is 5.54 Å². The molecule has 3 nitrogen and oxygen atoms in total. The summed E-state index contributed by atoms with van der Waals surface area (Å²) in [6.45, 7) is 6.01. The molecule has 0 aromatic heterocycles. The van der Waals surface area contributed by atoms with Crippen LogP contribution in [0.5, 0.6) is 0 Å². The van der Waals surface area contributed by atoms with Gasteiger partial charge in [0.05, 0.1) is 6.61 Å². The van der Waals surface area contributed by atoms with Gasteiger partial charge in [-0.3, -0.25) is 4.90 Å². The summed E-state index contributed by atoms with van der Waals surface area (Å²) in [6, 6.07) is 0. The molecular formula is C15H30N2O. The van der Waals surface area contributed by atoms with Crippen LogP contribution in [0.3, 0.4) is 0 Å². The second-order valence-corrected chi connectivity index (χ2v) is 6.39. The second-order valence-electron chi connectivity index (χ2n) is 6.39. The van der Waals surface area contributed by atoms with Gasteiger partial charge < -0.3 is 10.5 Å². The van der Waals surface area contributed by atoms with Crippen molar-refractivity contribution < 1.29 is 4.74 Å². The van der Waals surface area contributed by atoms with E-state index in [2.05, 4.69) is 18.9 Å². The molecule has 18 heavy (non-hydrogen) atoms. The van der Waals surface area contributed by atoms with Crippen molar-refractivity contribution in [2.45, 2.75) is 51.0 Å². The minimum absolute atomic E-state index is 0.223. The predicted octanol–water partition coefficient (Wildman–Crippen LogP) is 2.25. The monoisotopic (exact) mass is 254 g/mol. The van der Waals surface area contributed by atoms with Gasteiger partial charge in [-0.15, -0.1) is 0 Å². The van der Waals surface area contributed by atoms with Crippen LogP contribution in [0.25, 0.3) is 0 Å². The first-order valence-corrected chi connectivity index (χ1v) is 7.68. The van der Waals surface area contributed by atoms with Gasteiger partial charge in [0.2, 0.25) is 0 Å². The van der Waals surface area contributed by atoms with Crippen molar-refractivity contribution in [2.75, 3.05) is 33.4 Å². The van der Waals surface area contributed by atoms with Crippen LogP contribution in [0, 0.1) is 11.8 Å². The molecule has 3 heteroatoms. The van der Waals surface area contributed by atoms with Crippen LogP contribution in [0.2, 0.25) is 0 Å². The van der Waals surface area contributed by atoms with Gasteiger partial charge in [-0.1, -0.05) is 19.8 Å². The van der Waals surface area contributed by atoms with E-state index in [9.17, 15) is 0 Å². The molecule has 0 amide bonds. The van der Waals surface area contributed by atoms with Crippen molar-refractivity contribution in [3.63, 3.8) is 0 Å². The van der Waals surface area contributed by atoms with E-state index in [1.54, 1.807) is 0 Å². The Morgan fingerprint density at radius 2 is 2.06 bits per heavy atom. The smallest absolute Gasteiger partial charge is 0.0593 e. The molecule has 2 rings (SSSR count). The molecule has 2 fully saturated rings. The SMILES string of the molecule is CC1CCCCC1(CN)N(C)CCOCC1CC1. The quantitative estimate of drug-likeness (QED) is 0.708. The summed E-state index contributed by atoms with van der Waals surface area (Å²) in [4.78, 5) is 2.48. The highest BCUT2D eigenvalue weighted by Gasteiger charge is 2.40. The fourth-order valence-electron chi connectivity index (χ4n) is 3.38. The van der Waals surface area contributed by atoms with E-state index in [0.29, 0.717) is 5.92 Å². The maximum absolute atomic E-state index is 6.11. The summed E-state index contributed by atoms with van der Waals surface area (Å²) in [5, 5.41) is 0. The first-order chi connectivity index (χ1) is 8.69. The number of hydrogen-bond acceptors (Lipinski definition) is 3. The molecule has 0 radical (unpaired) electrons. The van der Waals surface area contributed by atoms with Gasteiger partial charge >= 0.3 is 0 Å². The average Bonchev–Trinajstić information content (AvgIpc) is 3.19. The standard InChI is InChI=1S/C15H30N2O/c1-13-5-3-4-8-15(13,12-16)17(2)9-10-18-11-14-6-7-14/h13-14H,3-12,16H2,1-2H3. The molecule has 2 unspecified atom stereocenters. The van der Waals surface area contributed by atoms with E-state index in [1.807, 2.05) is 0 Å². The Labute approximate surface area is 112 Å². The van der Waals surface area contributed by atoms with Gasteiger partial charge in [-0.05, 0) is 44.6 Å². The molecule has 0 bridgehead atoms. The summed E-state index contributed by atoms with van der Waals surface area (Å²) in [6.07, 6.45) is 8.03. The molecular weight excluding hydrogens is 224 g/mol. The Kier molecular flexibility index (Phi) is 5.05. The molecule has 0 spiro atoms. The zero-order valence-electron chi connectivity index (χ0n) is 12.2. The number of hydrogen-bond donors (Lipinski definition) is 1. The Balaban J connectivity index is 1.77. The normalized spacial score (nSPS) is 33.0. The maximum Gasteiger partial charge on any atom is 0.0593 e. The van der Waals surface area contributed by atoms with Crippen LogP contribution in [0.4, 0.5) is 0 Å². The first-order valence-electron chi connectivity index (χ1n) is 7.68. The van der Waals surface area contributed by atoms with E-state index in [0.717, 1.165) is 32.2 Å². The number of likely N-dealkylation sites (N-methyl/N-ethyl adjacent to an activating group) is 1. The molecule has 0 aromatic rings. The molecule has 0 saturated heterocycles. The average molecular weight is 254 g/mol. The lowest BCUT2D eigenvalue weighted by molar-refractivity contribution is 0.00828. The Morgan fingerprint density at radius 3 is 2.67 bits per heavy atom. The van der Waals surface area contributed by atoms with E-state index in [4.69, 9.17) is 10.5 Å². The Morgan fingerprint density at radius 1 is 1.28 bits per heavy atom. The van der Waals surface area contributed by atoms with Crippen molar-refractivity contribution >= 4 is 0 Å². The van der Waals surface area contributed by atoms with Gasteiger partial charge in [0.15, 0.2) is 0 Å². The van der Waals surface area contributed by atoms with Crippen LogP contribution < -0.4 is 5.73 Å². The molecule has 0 aliphatic heterocycles. The van der Waals surface area contributed by atoms with E-state index < -0.39 is 0 Å². The molecule has 2 N–H and O–H groups in total. The minimum Gasteiger partial charge on any atom is -0.380 e. The van der Waals surface area contributed by atoms with Crippen molar-refractivity contribution in [1.29, 1.82) is 0 Å². The van der Waals surface area contributed by atoms with E-state index >= 15 is 0 Å². The van der Waals surface area contributed by atoms with Crippen LogP contribution >= 0.6 is 0 Å². The lowest BCUT2D eigenvalue weighted by Gasteiger charge is -2.48. The van der Waals surface area contributed by atoms with Crippen LogP contribution in [0.1, 0.15) is 45.4 Å². The Bertz CT molecular complexity index is 255. The van der Waals surface area contributed by atoms with Crippen LogP contribution in [0.15, 0.2) is 0 Å². The summed E-state index contributed by atoms with van der Waals surface area (Å²) < 4.78 is 5.76. The highest BCUT2D eigenvalue weighted by atomic mass is 16.5. The highest BCUT2D eigenvalue weighted by Crippen LogP contribution is 2.37. The molecule has 0 heterocycles. The van der Waals surface area contributed by atoms with Crippen molar-refractivity contribution in [3.05, 3.63) is 0 Å². The largest absolute Gasteiger partial charge is 0.380 e. The maximum atomic E-state index is 6.11. The summed E-state index contributed by atoms with van der Waals surface area (Å²) in [7, 11) is 2.23. The third kappa shape index (κ3) is 3.25. The molecule has 2 atom stereocenters. The van der Waals surface area contributed by atoms with Crippen molar-refractivity contribution in [3.8, 4) is 0 Å². The van der Waals surface area contributed by atoms with Crippen LogP contribution in [-0.4, -0.2) is 43.8 Å². The number of nitrogens with zero attached hydrogens (tertiary/aromatic N) is 1. The van der Waals surface area contributed by atoms with E-state index in [1.165, 1.54) is 38.5 Å². The lowest BCUT2D eigenvalue weighted by atomic mass is 9.72. The Hall–Kier alpha value is -0.120. The summed E-state index contributed by atoms with van der Waals surface area (Å²) in [5.41, 5.74) is 6.33. The van der Waals surface area contributed by atoms with Gasteiger partial charge in [0.25, 0.3) is 0 Å². The van der Waals surface area contributed by atoms with Gasteiger partial charge in [-0.25, -0.2) is 0 Å². The highest BCUT2D eigenvalue weighted by molar-refractivity contribution is 4.97. The van der Waals surface area contributed by atoms with Gasteiger partial charge in [0, 0.05) is 25.2 Å². The second kappa shape index (κ2) is 6.36. The molecule has 0 aromatic carbocycles. The number of rotatable bonds is 7. The topological polar surface area (TPSA) is 38.5 Å². The minimum atomic E-state index is 0.223. The molecule has 2 aliphatic carbocycles. The third-order valence-electron chi connectivity index (χ3n) is 5.15. The van der Waals surface area contributed by atoms with Crippen molar-refractivity contribution in [1.82, 2.24) is 4.90 Å². The number of nitrogens with two attached hydrogens (primary N) is 1. The number of ether oxygens (including phenoxy) is 1. The summed E-state index contributed by atoms with van der Waals surface area (Å²) in [5.74, 6) is 1.58. The third-order valence-corrected chi connectivity index (χ3v) is 5.15. The summed E-state index contributed by atoms with van der Waals surface area (Å²) >= 11 is 0. The fraction of sp³-hybridized carbons (Fsp3) is 1.00.